The molecule has 20 heavy (non-hydrogen) atoms. The third-order valence-electron chi connectivity index (χ3n) is 2.81. The molecule has 0 radical (unpaired) electrons. The number of carbonyl (C=O) groups excluding carboxylic acids is 1. The van der Waals surface area contributed by atoms with Gasteiger partial charge in [0.05, 0.1) is 0 Å². The second-order valence-corrected chi connectivity index (χ2v) is 5.40. The topological polar surface area (TPSA) is 20.3 Å². The van der Waals surface area contributed by atoms with Gasteiger partial charge in [-0.25, -0.2) is 0 Å². The van der Waals surface area contributed by atoms with Gasteiger partial charge in [0.15, 0.2) is 0 Å². The number of alkyl halides is 3. The molecule has 2 nitrogen and oxygen atoms in total. The van der Waals surface area contributed by atoms with Crippen molar-refractivity contribution in [1.29, 1.82) is 0 Å². The zero-order chi connectivity index (χ0) is 14.9. The maximum Gasteiger partial charge on any atom is 0.406 e. The standard InChI is InChI=1S/C14H11BrF3NO/c1-19(8-14(16,17)18)13(20)11-3-2-10-7-12(15)5-4-9(10)6-11/h2-7H,8H2,1H3. The molecule has 0 unspecified atom stereocenters. The quantitative estimate of drug-likeness (QED) is 0.797. The van der Waals surface area contributed by atoms with Crippen LogP contribution in [0.25, 0.3) is 10.8 Å². The van der Waals surface area contributed by atoms with Gasteiger partial charge >= 0.3 is 6.18 Å². The van der Waals surface area contributed by atoms with E-state index < -0.39 is 18.6 Å². The highest BCUT2D eigenvalue weighted by atomic mass is 79.9. The minimum absolute atomic E-state index is 0.242. The number of hydrogen-bond acceptors (Lipinski definition) is 1. The van der Waals surface area contributed by atoms with Gasteiger partial charge in [0, 0.05) is 17.1 Å². The molecule has 0 N–H and O–H groups in total. The molecular weight excluding hydrogens is 335 g/mol. The number of amides is 1. The Morgan fingerprint density at radius 3 is 2.40 bits per heavy atom. The average molecular weight is 346 g/mol. The Labute approximate surface area is 122 Å². The van der Waals surface area contributed by atoms with E-state index >= 15 is 0 Å². The van der Waals surface area contributed by atoms with E-state index in [4.69, 9.17) is 0 Å². The van der Waals surface area contributed by atoms with Crippen molar-refractivity contribution in [2.75, 3.05) is 13.6 Å². The van der Waals surface area contributed by atoms with Crippen molar-refractivity contribution < 1.29 is 18.0 Å². The molecule has 0 bridgehead atoms. The lowest BCUT2D eigenvalue weighted by molar-refractivity contribution is -0.138. The Morgan fingerprint density at radius 2 is 1.75 bits per heavy atom. The smallest absolute Gasteiger partial charge is 0.333 e. The number of nitrogens with zero attached hydrogens (tertiary/aromatic N) is 1. The number of rotatable bonds is 2. The van der Waals surface area contributed by atoms with Crippen molar-refractivity contribution in [3.05, 3.63) is 46.4 Å². The molecule has 0 aliphatic carbocycles. The molecule has 0 saturated heterocycles. The SMILES string of the molecule is CN(CC(F)(F)F)C(=O)c1ccc2cc(Br)ccc2c1. The summed E-state index contributed by atoms with van der Waals surface area (Å²) in [5.74, 6) is -0.646. The van der Waals surface area contributed by atoms with E-state index in [1.54, 1.807) is 18.2 Å². The van der Waals surface area contributed by atoms with Gasteiger partial charge in [-0.05, 0) is 35.0 Å². The maximum atomic E-state index is 12.3. The third-order valence-corrected chi connectivity index (χ3v) is 3.31. The number of fused-ring (bicyclic) bond motifs is 1. The van der Waals surface area contributed by atoms with Crippen LogP contribution in [0.1, 0.15) is 10.4 Å². The lowest BCUT2D eigenvalue weighted by atomic mass is 10.1. The van der Waals surface area contributed by atoms with E-state index in [1.165, 1.54) is 6.07 Å². The Bertz CT molecular complexity index is 654. The van der Waals surface area contributed by atoms with E-state index in [9.17, 15) is 18.0 Å². The van der Waals surface area contributed by atoms with Gasteiger partial charge in [-0.3, -0.25) is 4.79 Å². The second kappa shape index (κ2) is 5.44. The van der Waals surface area contributed by atoms with Crippen LogP contribution in [-0.4, -0.2) is 30.6 Å². The van der Waals surface area contributed by atoms with E-state index in [2.05, 4.69) is 15.9 Å². The zero-order valence-corrected chi connectivity index (χ0v) is 12.1. The number of benzene rings is 2. The maximum absolute atomic E-state index is 12.3. The van der Waals surface area contributed by atoms with Crippen molar-refractivity contribution in [3.63, 3.8) is 0 Å². The van der Waals surface area contributed by atoms with E-state index in [-0.39, 0.29) is 5.56 Å². The molecule has 0 spiro atoms. The molecule has 0 aliphatic rings. The van der Waals surface area contributed by atoms with Gasteiger partial charge in [0.25, 0.3) is 5.91 Å². The van der Waals surface area contributed by atoms with Crippen LogP contribution < -0.4 is 0 Å². The number of halogens is 4. The molecule has 0 atom stereocenters. The summed E-state index contributed by atoms with van der Waals surface area (Å²) in [4.78, 5) is 12.6. The second-order valence-electron chi connectivity index (χ2n) is 4.48. The van der Waals surface area contributed by atoms with Gasteiger partial charge < -0.3 is 4.90 Å². The molecule has 2 aromatic carbocycles. The summed E-state index contributed by atoms with van der Waals surface area (Å²) >= 11 is 3.34. The van der Waals surface area contributed by atoms with Crippen molar-refractivity contribution >= 4 is 32.6 Å². The molecule has 0 saturated carbocycles. The Balaban J connectivity index is 2.29. The first-order chi connectivity index (χ1) is 9.26. The molecule has 0 aromatic heterocycles. The fraction of sp³-hybridized carbons (Fsp3) is 0.214. The highest BCUT2D eigenvalue weighted by Gasteiger charge is 2.31. The van der Waals surface area contributed by atoms with E-state index in [1.807, 2.05) is 12.1 Å². The lowest BCUT2D eigenvalue weighted by Crippen LogP contribution is -2.35. The van der Waals surface area contributed by atoms with Crippen LogP contribution in [0.4, 0.5) is 13.2 Å². The van der Waals surface area contributed by atoms with Crippen LogP contribution >= 0.6 is 15.9 Å². The van der Waals surface area contributed by atoms with Crippen molar-refractivity contribution in [2.45, 2.75) is 6.18 Å². The largest absolute Gasteiger partial charge is 0.406 e. The summed E-state index contributed by atoms with van der Waals surface area (Å²) in [5.41, 5.74) is 0.242. The normalized spacial score (nSPS) is 11.7. The first kappa shape index (κ1) is 14.8. The van der Waals surface area contributed by atoms with Crippen molar-refractivity contribution in [3.8, 4) is 0 Å². The van der Waals surface area contributed by atoms with Gasteiger partial charge in [-0.2, -0.15) is 13.2 Å². The third kappa shape index (κ3) is 3.50. The number of hydrogen-bond donors (Lipinski definition) is 0. The van der Waals surface area contributed by atoms with Crippen LogP contribution in [0.2, 0.25) is 0 Å². The lowest BCUT2D eigenvalue weighted by Gasteiger charge is -2.19. The molecule has 0 heterocycles. The average Bonchev–Trinajstić information content (AvgIpc) is 2.35. The Kier molecular flexibility index (Phi) is 4.04. The van der Waals surface area contributed by atoms with Crippen LogP contribution in [-0.2, 0) is 0 Å². The van der Waals surface area contributed by atoms with E-state index in [0.717, 1.165) is 22.3 Å². The Hall–Kier alpha value is -1.56. The van der Waals surface area contributed by atoms with Gasteiger partial charge in [-0.15, -0.1) is 0 Å². The van der Waals surface area contributed by atoms with Crippen LogP contribution in [0.3, 0.4) is 0 Å². The van der Waals surface area contributed by atoms with Gasteiger partial charge in [-0.1, -0.05) is 28.1 Å². The highest BCUT2D eigenvalue weighted by Crippen LogP contribution is 2.22. The summed E-state index contributed by atoms with van der Waals surface area (Å²) in [5, 5.41) is 1.72. The summed E-state index contributed by atoms with van der Waals surface area (Å²) in [6, 6.07) is 10.3. The molecule has 0 aliphatic heterocycles. The summed E-state index contributed by atoms with van der Waals surface area (Å²) in [6.45, 7) is -1.26. The van der Waals surface area contributed by atoms with Crippen LogP contribution in [0.5, 0.6) is 0 Å². The predicted octanol–water partition coefficient (Wildman–Crippen LogP) is 4.24. The molecule has 106 valence electrons. The summed E-state index contributed by atoms with van der Waals surface area (Å²) < 4.78 is 37.7. The predicted molar refractivity (Wildman–Crippen MR) is 74.7 cm³/mol. The fourth-order valence-corrected chi connectivity index (χ4v) is 2.29. The van der Waals surface area contributed by atoms with Crippen LogP contribution in [0, 0.1) is 0 Å². The minimum Gasteiger partial charge on any atom is -0.333 e. The Morgan fingerprint density at radius 1 is 1.15 bits per heavy atom. The van der Waals surface area contributed by atoms with Crippen molar-refractivity contribution in [2.24, 2.45) is 0 Å². The summed E-state index contributed by atoms with van der Waals surface area (Å²) in [7, 11) is 1.14. The van der Waals surface area contributed by atoms with E-state index in [0.29, 0.717) is 4.90 Å². The first-order valence-corrected chi connectivity index (χ1v) is 6.57. The molecule has 2 rings (SSSR count). The van der Waals surface area contributed by atoms with Gasteiger partial charge in [0.2, 0.25) is 0 Å². The van der Waals surface area contributed by atoms with Crippen molar-refractivity contribution in [1.82, 2.24) is 4.90 Å². The molecule has 1 amide bonds. The zero-order valence-electron chi connectivity index (χ0n) is 10.5. The van der Waals surface area contributed by atoms with Gasteiger partial charge in [0.1, 0.15) is 6.54 Å². The molecular formula is C14H11BrF3NO. The monoisotopic (exact) mass is 345 g/mol. The minimum atomic E-state index is -4.40. The number of carbonyl (C=O) groups is 1. The van der Waals surface area contributed by atoms with Crippen LogP contribution in [0.15, 0.2) is 40.9 Å². The fourth-order valence-electron chi connectivity index (χ4n) is 1.91. The summed E-state index contributed by atoms with van der Waals surface area (Å²) in [6.07, 6.45) is -4.40. The first-order valence-electron chi connectivity index (χ1n) is 5.78. The molecule has 6 heteroatoms. The molecule has 0 fully saturated rings. The molecule has 2 aromatic rings. The highest BCUT2D eigenvalue weighted by molar-refractivity contribution is 9.10.